The van der Waals surface area contributed by atoms with Crippen LogP contribution in [0.4, 0.5) is 0 Å². The number of rotatable bonds is 5. The first-order valence-corrected chi connectivity index (χ1v) is 7.32. The summed E-state index contributed by atoms with van der Waals surface area (Å²) in [5.74, 6) is 0. The molecule has 0 spiro atoms. The summed E-state index contributed by atoms with van der Waals surface area (Å²) < 4.78 is 0. The molecule has 1 heterocycles. The maximum atomic E-state index is 3.58. The molecule has 0 saturated heterocycles. The van der Waals surface area contributed by atoms with Gasteiger partial charge in [0.1, 0.15) is 0 Å². The van der Waals surface area contributed by atoms with E-state index in [0.29, 0.717) is 6.04 Å². The Hall–Kier alpha value is -0.860. The molecule has 2 rings (SSSR count). The lowest BCUT2D eigenvalue weighted by Gasteiger charge is -2.21. The molecule has 100 valence electrons. The van der Waals surface area contributed by atoms with Crippen LogP contribution >= 0.6 is 0 Å². The molecule has 0 aromatic heterocycles. The van der Waals surface area contributed by atoms with E-state index in [9.17, 15) is 0 Å². The lowest BCUT2D eigenvalue weighted by Crippen LogP contribution is -2.36. The molecule has 0 bridgehead atoms. The standard InChI is InChI=1S/C16H26N2/c1-3-14(2)17-10-13-18-11-8-15-6-4-5-7-16(15)9-12-18/h4-7,14,17H,3,8-13H2,1-2H3. The van der Waals surface area contributed by atoms with Crippen LogP contribution in [0.3, 0.4) is 0 Å². The van der Waals surface area contributed by atoms with Crippen molar-refractivity contribution >= 4 is 0 Å². The molecule has 1 aromatic rings. The van der Waals surface area contributed by atoms with E-state index in [1.807, 2.05) is 0 Å². The zero-order chi connectivity index (χ0) is 12.8. The van der Waals surface area contributed by atoms with Crippen molar-refractivity contribution in [3.05, 3.63) is 35.4 Å². The van der Waals surface area contributed by atoms with Crippen LogP contribution in [0.2, 0.25) is 0 Å². The zero-order valence-corrected chi connectivity index (χ0v) is 11.8. The summed E-state index contributed by atoms with van der Waals surface area (Å²) in [6.45, 7) is 9.21. The second-order valence-electron chi connectivity index (χ2n) is 5.37. The van der Waals surface area contributed by atoms with Crippen molar-refractivity contribution in [1.29, 1.82) is 0 Å². The fourth-order valence-corrected chi connectivity index (χ4v) is 2.55. The number of nitrogens with zero attached hydrogens (tertiary/aromatic N) is 1. The lowest BCUT2D eigenvalue weighted by atomic mass is 10.0. The Morgan fingerprint density at radius 2 is 1.78 bits per heavy atom. The minimum absolute atomic E-state index is 0.647. The van der Waals surface area contributed by atoms with Crippen LogP contribution in [0, 0.1) is 0 Å². The van der Waals surface area contributed by atoms with Gasteiger partial charge in [-0.05, 0) is 37.3 Å². The van der Waals surface area contributed by atoms with Gasteiger partial charge in [-0.25, -0.2) is 0 Å². The van der Waals surface area contributed by atoms with Gasteiger partial charge in [0, 0.05) is 32.2 Å². The third-order valence-corrected chi connectivity index (χ3v) is 4.05. The fourth-order valence-electron chi connectivity index (χ4n) is 2.55. The zero-order valence-electron chi connectivity index (χ0n) is 11.8. The smallest absolute Gasteiger partial charge is 0.0107 e. The molecule has 0 radical (unpaired) electrons. The number of fused-ring (bicyclic) bond motifs is 1. The highest BCUT2D eigenvalue weighted by molar-refractivity contribution is 5.28. The highest BCUT2D eigenvalue weighted by atomic mass is 15.1. The van der Waals surface area contributed by atoms with Crippen LogP contribution < -0.4 is 5.32 Å². The molecule has 0 amide bonds. The van der Waals surface area contributed by atoms with Gasteiger partial charge in [-0.3, -0.25) is 0 Å². The van der Waals surface area contributed by atoms with Gasteiger partial charge in [-0.15, -0.1) is 0 Å². The Balaban J connectivity index is 1.78. The van der Waals surface area contributed by atoms with Gasteiger partial charge in [0.2, 0.25) is 0 Å². The minimum atomic E-state index is 0.647. The molecule has 0 aliphatic carbocycles. The molecule has 1 atom stereocenters. The summed E-state index contributed by atoms with van der Waals surface area (Å²) in [5, 5.41) is 3.58. The van der Waals surface area contributed by atoms with E-state index in [2.05, 4.69) is 48.3 Å². The number of hydrogen-bond acceptors (Lipinski definition) is 2. The molecule has 2 heteroatoms. The fraction of sp³-hybridized carbons (Fsp3) is 0.625. The highest BCUT2D eigenvalue weighted by Crippen LogP contribution is 2.15. The molecule has 2 nitrogen and oxygen atoms in total. The molecule has 1 aliphatic heterocycles. The quantitative estimate of drug-likeness (QED) is 0.858. The summed E-state index contributed by atoms with van der Waals surface area (Å²) in [6, 6.07) is 9.55. The third kappa shape index (κ3) is 3.82. The van der Waals surface area contributed by atoms with Crippen LogP contribution in [0.25, 0.3) is 0 Å². The Morgan fingerprint density at radius 3 is 2.33 bits per heavy atom. The van der Waals surface area contributed by atoms with Gasteiger partial charge in [0.05, 0.1) is 0 Å². The highest BCUT2D eigenvalue weighted by Gasteiger charge is 2.12. The first kappa shape index (κ1) is 13.6. The van der Waals surface area contributed by atoms with Crippen molar-refractivity contribution in [3.63, 3.8) is 0 Å². The molecule has 1 aliphatic rings. The molecular formula is C16H26N2. The Bertz CT molecular complexity index is 335. The normalized spacial score (nSPS) is 18.1. The number of benzene rings is 1. The van der Waals surface area contributed by atoms with Crippen LogP contribution in [-0.2, 0) is 12.8 Å². The van der Waals surface area contributed by atoms with E-state index in [1.165, 1.54) is 38.9 Å². The third-order valence-electron chi connectivity index (χ3n) is 4.05. The molecule has 1 unspecified atom stereocenters. The molecular weight excluding hydrogens is 220 g/mol. The van der Waals surface area contributed by atoms with E-state index < -0.39 is 0 Å². The van der Waals surface area contributed by atoms with Crippen molar-refractivity contribution in [1.82, 2.24) is 10.2 Å². The van der Waals surface area contributed by atoms with Crippen molar-refractivity contribution in [2.75, 3.05) is 26.2 Å². The molecule has 1 N–H and O–H groups in total. The Kier molecular flexibility index (Phi) is 5.21. The predicted molar refractivity (Wildman–Crippen MR) is 78.0 cm³/mol. The number of hydrogen-bond donors (Lipinski definition) is 1. The first-order chi connectivity index (χ1) is 8.79. The van der Waals surface area contributed by atoms with Gasteiger partial charge in [-0.2, -0.15) is 0 Å². The summed E-state index contributed by atoms with van der Waals surface area (Å²) in [6.07, 6.45) is 3.63. The van der Waals surface area contributed by atoms with E-state index in [-0.39, 0.29) is 0 Å². The van der Waals surface area contributed by atoms with Crippen LogP contribution in [0.15, 0.2) is 24.3 Å². The first-order valence-electron chi connectivity index (χ1n) is 7.32. The summed E-state index contributed by atoms with van der Waals surface area (Å²) in [4.78, 5) is 2.59. The summed E-state index contributed by atoms with van der Waals surface area (Å²) in [7, 11) is 0. The Labute approximate surface area is 111 Å². The maximum Gasteiger partial charge on any atom is 0.0107 e. The van der Waals surface area contributed by atoms with Crippen molar-refractivity contribution in [2.24, 2.45) is 0 Å². The second kappa shape index (κ2) is 6.91. The maximum absolute atomic E-state index is 3.58. The SMILES string of the molecule is CCC(C)NCCN1CCc2ccccc2CC1. The van der Waals surface area contributed by atoms with Crippen molar-refractivity contribution in [3.8, 4) is 0 Å². The van der Waals surface area contributed by atoms with E-state index in [4.69, 9.17) is 0 Å². The average Bonchev–Trinajstić information content (AvgIpc) is 2.61. The molecule has 0 fully saturated rings. The topological polar surface area (TPSA) is 15.3 Å². The summed E-state index contributed by atoms with van der Waals surface area (Å²) in [5.41, 5.74) is 3.10. The predicted octanol–water partition coefficient (Wildman–Crippen LogP) is 2.48. The van der Waals surface area contributed by atoms with Crippen LogP contribution in [-0.4, -0.2) is 37.1 Å². The largest absolute Gasteiger partial charge is 0.313 e. The van der Waals surface area contributed by atoms with Gasteiger partial charge in [0.15, 0.2) is 0 Å². The summed E-state index contributed by atoms with van der Waals surface area (Å²) >= 11 is 0. The van der Waals surface area contributed by atoms with E-state index in [0.717, 1.165) is 6.54 Å². The minimum Gasteiger partial charge on any atom is -0.313 e. The van der Waals surface area contributed by atoms with Crippen molar-refractivity contribution in [2.45, 2.75) is 39.2 Å². The van der Waals surface area contributed by atoms with Gasteiger partial charge >= 0.3 is 0 Å². The monoisotopic (exact) mass is 246 g/mol. The van der Waals surface area contributed by atoms with Crippen LogP contribution in [0.1, 0.15) is 31.4 Å². The average molecular weight is 246 g/mol. The molecule has 1 aromatic carbocycles. The Morgan fingerprint density at radius 1 is 1.17 bits per heavy atom. The van der Waals surface area contributed by atoms with Crippen LogP contribution in [0.5, 0.6) is 0 Å². The van der Waals surface area contributed by atoms with Gasteiger partial charge < -0.3 is 10.2 Å². The lowest BCUT2D eigenvalue weighted by molar-refractivity contribution is 0.282. The molecule has 0 saturated carbocycles. The number of nitrogens with one attached hydrogen (secondary N) is 1. The van der Waals surface area contributed by atoms with Gasteiger partial charge in [0.25, 0.3) is 0 Å². The second-order valence-corrected chi connectivity index (χ2v) is 5.37. The van der Waals surface area contributed by atoms with E-state index in [1.54, 1.807) is 11.1 Å². The van der Waals surface area contributed by atoms with Crippen molar-refractivity contribution < 1.29 is 0 Å². The van der Waals surface area contributed by atoms with Gasteiger partial charge in [-0.1, -0.05) is 31.2 Å². The molecule has 18 heavy (non-hydrogen) atoms. The van der Waals surface area contributed by atoms with E-state index >= 15 is 0 Å².